The maximum Gasteiger partial charge on any atom is 0.257 e. The zero-order valence-corrected chi connectivity index (χ0v) is 22.9. The maximum absolute atomic E-state index is 12.9. The van der Waals surface area contributed by atoms with Crippen LogP contribution in [0.2, 0.25) is 5.02 Å². The first-order valence-electron chi connectivity index (χ1n) is 13.2. The molecule has 1 saturated carbocycles. The van der Waals surface area contributed by atoms with Crippen molar-refractivity contribution in [3.05, 3.63) is 69.6 Å². The number of anilines is 1. The van der Waals surface area contributed by atoms with Crippen molar-refractivity contribution in [2.24, 2.45) is 5.92 Å². The molecule has 1 aliphatic carbocycles. The van der Waals surface area contributed by atoms with Crippen LogP contribution in [-0.4, -0.2) is 67.3 Å². The fourth-order valence-electron chi connectivity index (χ4n) is 5.43. The van der Waals surface area contributed by atoms with Gasteiger partial charge in [0, 0.05) is 67.2 Å². The average Bonchev–Trinajstić information content (AvgIpc) is 2.90. The molecule has 3 atom stereocenters. The SMILES string of the molecule is Cc1ccc(/C=C2/SC3CCC(C(=O)NCCN4CCN(c5cccc(Cl)c5)CC4)CC3NC2=O)cc1. The summed E-state index contributed by atoms with van der Waals surface area (Å²) in [7, 11) is 0. The zero-order valence-electron chi connectivity index (χ0n) is 21.3. The fourth-order valence-corrected chi connectivity index (χ4v) is 6.91. The number of nitrogens with zero attached hydrogens (tertiary/aromatic N) is 2. The highest BCUT2D eigenvalue weighted by Crippen LogP contribution is 2.40. The number of thioether (sulfide) groups is 1. The van der Waals surface area contributed by atoms with E-state index in [2.05, 4.69) is 45.6 Å². The van der Waals surface area contributed by atoms with Crippen molar-refractivity contribution < 1.29 is 9.59 Å². The number of hydrogen-bond acceptors (Lipinski definition) is 5. The van der Waals surface area contributed by atoms with Gasteiger partial charge in [0.1, 0.15) is 0 Å². The van der Waals surface area contributed by atoms with Crippen LogP contribution in [0.4, 0.5) is 5.69 Å². The van der Waals surface area contributed by atoms with Crippen LogP contribution in [-0.2, 0) is 9.59 Å². The lowest BCUT2D eigenvalue weighted by molar-refractivity contribution is -0.127. The molecule has 0 spiro atoms. The van der Waals surface area contributed by atoms with Crippen molar-refractivity contribution >= 4 is 46.9 Å². The Hall–Kier alpha value is -2.48. The Labute approximate surface area is 228 Å². The summed E-state index contributed by atoms with van der Waals surface area (Å²) in [5.74, 6) is 0.0607. The first-order valence-corrected chi connectivity index (χ1v) is 14.5. The number of nitrogens with one attached hydrogen (secondary N) is 2. The fraction of sp³-hybridized carbons (Fsp3) is 0.448. The van der Waals surface area contributed by atoms with Crippen LogP contribution in [0.15, 0.2) is 53.4 Å². The lowest BCUT2D eigenvalue weighted by atomic mass is 9.84. The number of carbonyl (C=O) groups excluding carboxylic acids is 2. The maximum atomic E-state index is 12.9. The number of aryl methyl sites for hydroxylation is 1. The first kappa shape index (κ1) is 26.1. The molecule has 0 aromatic heterocycles. The summed E-state index contributed by atoms with van der Waals surface area (Å²) in [6.45, 7) is 7.42. The van der Waals surface area contributed by atoms with Crippen LogP contribution in [0.3, 0.4) is 0 Å². The molecule has 2 aromatic rings. The number of halogens is 1. The van der Waals surface area contributed by atoms with E-state index in [1.165, 1.54) is 11.3 Å². The number of piperazine rings is 1. The summed E-state index contributed by atoms with van der Waals surface area (Å²) in [6, 6.07) is 16.3. The Balaban J connectivity index is 1.05. The number of rotatable bonds is 6. The smallest absolute Gasteiger partial charge is 0.257 e. The molecule has 37 heavy (non-hydrogen) atoms. The van der Waals surface area contributed by atoms with E-state index in [1.54, 1.807) is 11.8 Å². The molecule has 2 amide bonds. The highest BCUT2D eigenvalue weighted by Gasteiger charge is 2.39. The lowest BCUT2D eigenvalue weighted by Gasteiger charge is -2.39. The Bertz CT molecular complexity index is 1150. The predicted octanol–water partition coefficient (Wildman–Crippen LogP) is 4.33. The van der Waals surface area contributed by atoms with Crippen LogP contribution in [0.5, 0.6) is 0 Å². The summed E-state index contributed by atoms with van der Waals surface area (Å²) in [4.78, 5) is 31.2. The highest BCUT2D eigenvalue weighted by atomic mass is 35.5. The monoisotopic (exact) mass is 538 g/mol. The molecule has 0 radical (unpaired) electrons. The number of hydrogen-bond donors (Lipinski definition) is 2. The molecule has 3 unspecified atom stereocenters. The van der Waals surface area contributed by atoms with Gasteiger partial charge in [-0.25, -0.2) is 0 Å². The molecule has 8 heteroatoms. The molecule has 2 saturated heterocycles. The summed E-state index contributed by atoms with van der Waals surface area (Å²) in [6.07, 6.45) is 4.49. The van der Waals surface area contributed by atoms with E-state index in [0.29, 0.717) is 18.2 Å². The highest BCUT2D eigenvalue weighted by molar-refractivity contribution is 8.04. The van der Waals surface area contributed by atoms with E-state index in [1.807, 2.05) is 36.4 Å². The second kappa shape index (κ2) is 11.9. The van der Waals surface area contributed by atoms with Gasteiger partial charge in [-0.05, 0) is 56.0 Å². The molecule has 5 rings (SSSR count). The molecule has 0 bridgehead atoms. The summed E-state index contributed by atoms with van der Waals surface area (Å²) in [5, 5.41) is 7.44. The van der Waals surface area contributed by atoms with E-state index in [9.17, 15) is 9.59 Å². The third-order valence-corrected chi connectivity index (χ3v) is 9.28. The summed E-state index contributed by atoms with van der Waals surface area (Å²) in [5.41, 5.74) is 3.42. The molecule has 2 N–H and O–H groups in total. The molecule has 6 nitrogen and oxygen atoms in total. The Morgan fingerprint density at radius 3 is 2.68 bits per heavy atom. The topological polar surface area (TPSA) is 64.7 Å². The van der Waals surface area contributed by atoms with Crippen LogP contribution < -0.4 is 15.5 Å². The predicted molar refractivity (Wildman–Crippen MR) is 153 cm³/mol. The van der Waals surface area contributed by atoms with Crippen molar-refractivity contribution in [1.29, 1.82) is 0 Å². The van der Waals surface area contributed by atoms with Gasteiger partial charge >= 0.3 is 0 Å². The standard InChI is InChI=1S/C29H35ClN4O2S/c1-20-5-7-21(8-6-20)17-27-29(36)32-25-18-22(9-10-26(25)37-27)28(35)31-11-12-33-13-15-34(16-14-33)24-4-2-3-23(30)19-24/h2-8,17,19,22,25-26H,9-16,18H2,1H3,(H,31,35)(H,32,36)/b27-17+. The van der Waals surface area contributed by atoms with Gasteiger partial charge in [-0.15, -0.1) is 11.8 Å². The average molecular weight is 539 g/mol. The van der Waals surface area contributed by atoms with Gasteiger partial charge in [-0.3, -0.25) is 14.5 Å². The zero-order chi connectivity index (χ0) is 25.8. The molecule has 2 heterocycles. The number of fused-ring (bicyclic) bond motifs is 1. The van der Waals surface area contributed by atoms with Gasteiger partial charge in [0.15, 0.2) is 0 Å². The Kier molecular flexibility index (Phi) is 8.43. The van der Waals surface area contributed by atoms with Crippen LogP contribution in [0, 0.1) is 12.8 Å². The van der Waals surface area contributed by atoms with Crippen LogP contribution in [0.25, 0.3) is 6.08 Å². The minimum absolute atomic E-state index is 0.0233. The lowest BCUT2D eigenvalue weighted by Crippen LogP contribution is -2.52. The number of benzene rings is 2. The van der Waals surface area contributed by atoms with Crippen molar-refractivity contribution in [3.8, 4) is 0 Å². The van der Waals surface area contributed by atoms with Crippen molar-refractivity contribution in [1.82, 2.24) is 15.5 Å². The summed E-state index contributed by atoms with van der Waals surface area (Å²) < 4.78 is 0. The van der Waals surface area contributed by atoms with Crippen molar-refractivity contribution in [2.45, 2.75) is 37.5 Å². The Morgan fingerprint density at radius 2 is 1.92 bits per heavy atom. The molecule has 3 aliphatic rings. The second-order valence-electron chi connectivity index (χ2n) is 10.3. The van der Waals surface area contributed by atoms with Crippen molar-refractivity contribution in [3.63, 3.8) is 0 Å². The van der Waals surface area contributed by atoms with E-state index in [-0.39, 0.29) is 23.8 Å². The molecule has 196 valence electrons. The largest absolute Gasteiger partial charge is 0.369 e. The molecular formula is C29H35ClN4O2S. The van der Waals surface area contributed by atoms with Crippen molar-refractivity contribution in [2.75, 3.05) is 44.2 Å². The van der Waals surface area contributed by atoms with Gasteiger partial charge in [0.05, 0.1) is 4.91 Å². The summed E-state index contributed by atoms with van der Waals surface area (Å²) >= 11 is 7.81. The second-order valence-corrected chi connectivity index (χ2v) is 12.0. The van der Waals surface area contributed by atoms with E-state index < -0.39 is 0 Å². The van der Waals surface area contributed by atoms with Gasteiger partial charge < -0.3 is 15.5 Å². The van der Waals surface area contributed by atoms with Gasteiger partial charge in [0.25, 0.3) is 5.91 Å². The van der Waals surface area contributed by atoms with Gasteiger partial charge in [0.2, 0.25) is 5.91 Å². The van der Waals surface area contributed by atoms with E-state index in [4.69, 9.17) is 11.6 Å². The van der Waals surface area contributed by atoms with Gasteiger partial charge in [-0.1, -0.05) is 47.5 Å². The van der Waals surface area contributed by atoms with E-state index in [0.717, 1.165) is 61.1 Å². The number of amides is 2. The number of carbonyl (C=O) groups is 2. The Morgan fingerprint density at radius 1 is 1.14 bits per heavy atom. The molecule has 2 aromatic carbocycles. The van der Waals surface area contributed by atoms with Crippen LogP contribution >= 0.6 is 23.4 Å². The minimum atomic E-state index is -0.0375. The third kappa shape index (κ3) is 6.70. The molecular weight excluding hydrogens is 504 g/mol. The normalized spacial score (nSPS) is 25.5. The third-order valence-electron chi connectivity index (χ3n) is 7.62. The van der Waals surface area contributed by atoms with Crippen LogP contribution in [0.1, 0.15) is 30.4 Å². The first-order chi connectivity index (χ1) is 17.9. The minimum Gasteiger partial charge on any atom is -0.369 e. The van der Waals surface area contributed by atoms with Gasteiger partial charge in [-0.2, -0.15) is 0 Å². The molecule has 2 aliphatic heterocycles. The molecule has 3 fully saturated rings. The van der Waals surface area contributed by atoms with E-state index >= 15 is 0 Å². The quantitative estimate of drug-likeness (QED) is 0.536.